The molecule has 0 aliphatic carbocycles. The molecular formula is C12H24N2O. The van der Waals surface area contributed by atoms with Gasteiger partial charge in [-0.3, -0.25) is 0 Å². The Labute approximate surface area is 93.0 Å². The topological polar surface area (TPSA) is 38.5 Å². The second-order valence-electron chi connectivity index (χ2n) is 5.25. The van der Waals surface area contributed by atoms with Gasteiger partial charge in [-0.25, -0.2) is 0 Å². The van der Waals surface area contributed by atoms with E-state index in [-0.39, 0.29) is 0 Å². The van der Waals surface area contributed by atoms with Crippen LogP contribution in [0.1, 0.15) is 32.6 Å². The van der Waals surface area contributed by atoms with Crippen molar-refractivity contribution in [1.29, 1.82) is 0 Å². The van der Waals surface area contributed by atoms with Crippen LogP contribution in [-0.4, -0.2) is 43.8 Å². The summed E-state index contributed by atoms with van der Waals surface area (Å²) in [5.74, 6) is 0. The fourth-order valence-corrected chi connectivity index (χ4v) is 2.91. The van der Waals surface area contributed by atoms with E-state index in [1.54, 1.807) is 0 Å². The molecule has 2 saturated heterocycles. The summed E-state index contributed by atoms with van der Waals surface area (Å²) in [6, 6.07) is 0.416. The van der Waals surface area contributed by atoms with Crippen LogP contribution in [0, 0.1) is 5.41 Å². The Bertz CT molecular complexity index is 202. The Kier molecular flexibility index (Phi) is 3.65. The van der Waals surface area contributed by atoms with E-state index in [0.717, 1.165) is 19.8 Å². The highest BCUT2D eigenvalue weighted by atomic mass is 16.5. The van der Waals surface area contributed by atoms with Crippen LogP contribution in [0.15, 0.2) is 0 Å². The molecule has 0 aromatic heterocycles. The Balaban J connectivity index is 1.89. The number of nitrogens with two attached hydrogens (primary N) is 1. The smallest absolute Gasteiger partial charge is 0.0471 e. The van der Waals surface area contributed by atoms with Crippen molar-refractivity contribution in [2.75, 3.05) is 32.8 Å². The number of rotatable bonds is 3. The quantitative estimate of drug-likeness (QED) is 0.764. The van der Waals surface area contributed by atoms with Crippen molar-refractivity contribution in [3.63, 3.8) is 0 Å². The van der Waals surface area contributed by atoms with Crippen molar-refractivity contribution in [3.05, 3.63) is 0 Å². The molecule has 0 radical (unpaired) electrons. The van der Waals surface area contributed by atoms with Gasteiger partial charge in [0.15, 0.2) is 0 Å². The van der Waals surface area contributed by atoms with Crippen LogP contribution >= 0.6 is 0 Å². The maximum Gasteiger partial charge on any atom is 0.0471 e. The largest absolute Gasteiger partial charge is 0.381 e. The average molecular weight is 212 g/mol. The molecule has 2 aliphatic heterocycles. The second-order valence-corrected chi connectivity index (χ2v) is 5.25. The molecule has 0 saturated carbocycles. The lowest BCUT2D eigenvalue weighted by atomic mass is 9.77. The maximum absolute atomic E-state index is 5.95. The molecule has 2 N–H and O–H groups in total. The number of hydrogen-bond acceptors (Lipinski definition) is 3. The Morgan fingerprint density at radius 3 is 2.67 bits per heavy atom. The predicted octanol–water partition coefficient (Wildman–Crippen LogP) is 1.23. The zero-order valence-corrected chi connectivity index (χ0v) is 9.87. The molecular weight excluding hydrogens is 188 g/mol. The normalized spacial score (nSPS) is 32.0. The monoisotopic (exact) mass is 212 g/mol. The lowest BCUT2D eigenvalue weighted by molar-refractivity contribution is -0.00359. The molecule has 2 heterocycles. The summed E-state index contributed by atoms with van der Waals surface area (Å²) in [4.78, 5) is 2.56. The third kappa shape index (κ3) is 2.71. The fourth-order valence-electron chi connectivity index (χ4n) is 2.91. The van der Waals surface area contributed by atoms with E-state index in [2.05, 4.69) is 11.8 Å². The van der Waals surface area contributed by atoms with Gasteiger partial charge in [-0.2, -0.15) is 0 Å². The SMILES string of the molecule is CCC1(CN2CC[C@H](N)C2)CCOCC1. The standard InChI is InChI=1S/C12H24N2O/c1-2-12(4-7-15-8-5-12)10-14-6-3-11(13)9-14/h11H,2-10,13H2,1H3/t11-/m0/s1. The molecule has 3 heteroatoms. The minimum Gasteiger partial charge on any atom is -0.381 e. The van der Waals surface area contributed by atoms with Crippen LogP contribution in [0.25, 0.3) is 0 Å². The number of hydrogen-bond donors (Lipinski definition) is 1. The summed E-state index contributed by atoms with van der Waals surface area (Å²) < 4.78 is 5.47. The van der Waals surface area contributed by atoms with Crippen LogP contribution in [0.5, 0.6) is 0 Å². The van der Waals surface area contributed by atoms with Crippen LogP contribution in [0.4, 0.5) is 0 Å². The number of nitrogens with zero attached hydrogens (tertiary/aromatic N) is 1. The van der Waals surface area contributed by atoms with Gasteiger partial charge in [0, 0.05) is 32.3 Å². The highest BCUT2D eigenvalue weighted by molar-refractivity contribution is 4.87. The zero-order chi connectivity index (χ0) is 10.7. The molecule has 0 aromatic carbocycles. The highest BCUT2D eigenvalue weighted by Crippen LogP contribution is 2.35. The molecule has 2 fully saturated rings. The van der Waals surface area contributed by atoms with Crippen molar-refractivity contribution in [3.8, 4) is 0 Å². The van der Waals surface area contributed by atoms with Gasteiger partial charge in [-0.15, -0.1) is 0 Å². The van der Waals surface area contributed by atoms with Crippen LogP contribution in [-0.2, 0) is 4.74 Å². The van der Waals surface area contributed by atoms with Gasteiger partial charge in [0.2, 0.25) is 0 Å². The van der Waals surface area contributed by atoms with Gasteiger partial charge in [0.05, 0.1) is 0 Å². The predicted molar refractivity (Wildman–Crippen MR) is 61.8 cm³/mol. The van der Waals surface area contributed by atoms with E-state index in [1.165, 1.54) is 38.8 Å². The first-order valence-corrected chi connectivity index (χ1v) is 6.30. The van der Waals surface area contributed by atoms with Crippen molar-refractivity contribution in [2.45, 2.75) is 38.6 Å². The molecule has 88 valence electrons. The van der Waals surface area contributed by atoms with Gasteiger partial charge >= 0.3 is 0 Å². The third-order valence-corrected chi connectivity index (χ3v) is 4.17. The van der Waals surface area contributed by atoms with Crippen molar-refractivity contribution in [2.24, 2.45) is 11.1 Å². The van der Waals surface area contributed by atoms with Crippen LogP contribution in [0.2, 0.25) is 0 Å². The summed E-state index contributed by atoms with van der Waals surface area (Å²) in [5.41, 5.74) is 6.46. The zero-order valence-electron chi connectivity index (χ0n) is 9.87. The Morgan fingerprint density at radius 2 is 2.13 bits per heavy atom. The minimum atomic E-state index is 0.416. The Morgan fingerprint density at radius 1 is 1.40 bits per heavy atom. The molecule has 0 spiro atoms. The van der Waals surface area contributed by atoms with Gasteiger partial charge in [0.25, 0.3) is 0 Å². The Hall–Kier alpha value is -0.120. The van der Waals surface area contributed by atoms with Gasteiger partial charge in [-0.1, -0.05) is 6.92 Å². The van der Waals surface area contributed by atoms with E-state index in [4.69, 9.17) is 10.5 Å². The molecule has 0 bridgehead atoms. The summed E-state index contributed by atoms with van der Waals surface area (Å²) in [5, 5.41) is 0. The first-order valence-electron chi connectivity index (χ1n) is 6.30. The summed E-state index contributed by atoms with van der Waals surface area (Å²) >= 11 is 0. The lowest BCUT2D eigenvalue weighted by Crippen LogP contribution is -2.41. The summed E-state index contributed by atoms with van der Waals surface area (Å²) in [7, 11) is 0. The average Bonchev–Trinajstić information content (AvgIpc) is 2.65. The van der Waals surface area contributed by atoms with E-state index in [0.29, 0.717) is 11.5 Å². The third-order valence-electron chi connectivity index (χ3n) is 4.17. The molecule has 15 heavy (non-hydrogen) atoms. The van der Waals surface area contributed by atoms with E-state index >= 15 is 0 Å². The van der Waals surface area contributed by atoms with E-state index in [9.17, 15) is 0 Å². The molecule has 0 aromatic rings. The van der Waals surface area contributed by atoms with Crippen molar-refractivity contribution < 1.29 is 4.74 Å². The maximum atomic E-state index is 5.95. The van der Waals surface area contributed by atoms with Crippen molar-refractivity contribution >= 4 is 0 Å². The molecule has 0 unspecified atom stereocenters. The molecule has 0 amide bonds. The first kappa shape index (κ1) is 11.4. The lowest BCUT2D eigenvalue weighted by Gasteiger charge is -2.39. The second kappa shape index (κ2) is 4.81. The van der Waals surface area contributed by atoms with Crippen molar-refractivity contribution in [1.82, 2.24) is 4.90 Å². The van der Waals surface area contributed by atoms with Gasteiger partial charge in [0.1, 0.15) is 0 Å². The summed E-state index contributed by atoms with van der Waals surface area (Å²) in [6.45, 7) is 7.76. The molecule has 1 atom stereocenters. The number of ether oxygens (including phenoxy) is 1. The van der Waals surface area contributed by atoms with Gasteiger partial charge in [-0.05, 0) is 37.6 Å². The van der Waals surface area contributed by atoms with Crippen LogP contribution in [0.3, 0.4) is 0 Å². The molecule has 2 aliphatic rings. The first-order chi connectivity index (χ1) is 7.24. The molecule has 2 rings (SSSR count). The molecule has 3 nitrogen and oxygen atoms in total. The van der Waals surface area contributed by atoms with E-state index in [1.807, 2.05) is 0 Å². The fraction of sp³-hybridized carbons (Fsp3) is 1.00. The number of likely N-dealkylation sites (tertiary alicyclic amines) is 1. The summed E-state index contributed by atoms with van der Waals surface area (Å²) in [6.07, 6.45) is 4.92. The van der Waals surface area contributed by atoms with E-state index < -0.39 is 0 Å². The van der Waals surface area contributed by atoms with Crippen LogP contribution < -0.4 is 5.73 Å². The van der Waals surface area contributed by atoms with Gasteiger partial charge < -0.3 is 15.4 Å². The highest BCUT2D eigenvalue weighted by Gasteiger charge is 2.34. The minimum absolute atomic E-state index is 0.416.